The Morgan fingerprint density at radius 1 is 1.24 bits per heavy atom. The summed E-state index contributed by atoms with van der Waals surface area (Å²) in [5, 5.41) is 8.50. The number of hydrogen-bond acceptors (Lipinski definition) is 7. The van der Waals surface area contributed by atoms with Crippen LogP contribution in [0.1, 0.15) is 28.6 Å². The summed E-state index contributed by atoms with van der Waals surface area (Å²) in [6.45, 7) is 3.18. The zero-order chi connectivity index (χ0) is 21.3. The van der Waals surface area contributed by atoms with Crippen LogP contribution in [0.25, 0.3) is 17.4 Å². The lowest BCUT2D eigenvalue weighted by Gasteiger charge is -2.18. The number of rotatable bonds is 5. The average molecular weight is 415 g/mol. The van der Waals surface area contributed by atoms with E-state index in [9.17, 15) is 19.2 Å². The molecule has 1 N–H and O–H groups in total. The van der Waals surface area contributed by atoms with Gasteiger partial charge in [0.2, 0.25) is 0 Å². The summed E-state index contributed by atoms with van der Waals surface area (Å²) >= 11 is 0.712. The molecule has 0 radical (unpaired) electrons. The number of ether oxygens (including phenoxy) is 1. The second-order valence-electron chi connectivity index (χ2n) is 6.29. The molecule has 1 fully saturated rings. The molecule has 1 atom stereocenters. The highest BCUT2D eigenvalue weighted by molar-refractivity contribution is 8.18. The van der Waals surface area contributed by atoms with Gasteiger partial charge in [-0.05, 0) is 55.4 Å². The number of furan rings is 1. The number of carbonyl (C=O) groups excluding carboxylic acids is 3. The first-order valence-electron chi connectivity index (χ1n) is 8.52. The van der Waals surface area contributed by atoms with Crippen molar-refractivity contribution in [3.8, 4) is 11.3 Å². The largest absolute Gasteiger partial charge is 0.478 e. The summed E-state index contributed by atoms with van der Waals surface area (Å²) < 4.78 is 10.3. The summed E-state index contributed by atoms with van der Waals surface area (Å²) in [6.07, 6.45) is 1.43. The molecular weight excluding hydrogens is 398 g/mol. The number of carboxylic acids is 1. The average Bonchev–Trinajstić information content (AvgIpc) is 3.25. The topological polar surface area (TPSA) is 114 Å². The maximum Gasteiger partial charge on any atom is 0.335 e. The number of amides is 2. The predicted molar refractivity (Wildman–Crippen MR) is 105 cm³/mol. The van der Waals surface area contributed by atoms with Crippen LogP contribution in [0.3, 0.4) is 0 Å². The number of aryl methyl sites for hydroxylation is 1. The van der Waals surface area contributed by atoms with Crippen LogP contribution in [0.15, 0.2) is 39.7 Å². The highest BCUT2D eigenvalue weighted by Crippen LogP contribution is 2.35. The van der Waals surface area contributed by atoms with Gasteiger partial charge in [0.1, 0.15) is 17.6 Å². The lowest BCUT2D eigenvalue weighted by Crippen LogP contribution is -2.42. The summed E-state index contributed by atoms with van der Waals surface area (Å²) in [5.41, 5.74) is 1.60. The van der Waals surface area contributed by atoms with Gasteiger partial charge in [0.15, 0.2) is 0 Å². The van der Waals surface area contributed by atoms with Crippen LogP contribution in [0, 0.1) is 6.92 Å². The molecule has 0 unspecified atom stereocenters. The second kappa shape index (κ2) is 7.96. The van der Waals surface area contributed by atoms with E-state index in [-0.39, 0.29) is 10.5 Å². The van der Waals surface area contributed by atoms with E-state index in [1.54, 1.807) is 31.2 Å². The fraction of sp³-hybridized carbons (Fsp3) is 0.200. The molecular formula is C20H17NO7S. The lowest BCUT2D eigenvalue weighted by atomic mass is 10.0. The van der Waals surface area contributed by atoms with Crippen LogP contribution in [0.4, 0.5) is 4.79 Å². The van der Waals surface area contributed by atoms with Crippen LogP contribution in [0.5, 0.6) is 0 Å². The molecule has 0 bridgehead atoms. The Balaban J connectivity index is 1.85. The third-order valence-corrected chi connectivity index (χ3v) is 5.28. The highest BCUT2D eigenvalue weighted by Gasteiger charge is 2.41. The van der Waals surface area contributed by atoms with Crippen LogP contribution < -0.4 is 0 Å². The van der Waals surface area contributed by atoms with Crippen molar-refractivity contribution < 1.29 is 33.4 Å². The number of carboxylic acid groups (broad SMARTS) is 1. The molecule has 0 aliphatic carbocycles. The fourth-order valence-electron chi connectivity index (χ4n) is 2.87. The molecule has 1 saturated heterocycles. The van der Waals surface area contributed by atoms with E-state index in [1.165, 1.54) is 26.2 Å². The molecule has 2 heterocycles. The van der Waals surface area contributed by atoms with E-state index in [1.807, 2.05) is 0 Å². The highest BCUT2D eigenvalue weighted by atomic mass is 32.2. The van der Waals surface area contributed by atoms with Crippen molar-refractivity contribution in [3.05, 3.63) is 52.1 Å². The number of imide groups is 1. The Morgan fingerprint density at radius 2 is 1.97 bits per heavy atom. The molecule has 29 heavy (non-hydrogen) atoms. The van der Waals surface area contributed by atoms with E-state index < -0.39 is 29.1 Å². The molecule has 0 spiro atoms. The zero-order valence-electron chi connectivity index (χ0n) is 15.8. The van der Waals surface area contributed by atoms with E-state index in [4.69, 9.17) is 9.52 Å². The van der Waals surface area contributed by atoms with Crippen molar-refractivity contribution >= 4 is 40.9 Å². The number of benzene rings is 1. The fourth-order valence-corrected chi connectivity index (χ4v) is 3.76. The first kappa shape index (κ1) is 20.4. The SMILES string of the molecule is COC(=O)[C@H](C)N1C(=O)S/C(=C\c2ccc(-c3ccc(C(=O)O)cc3C)o2)C1=O. The Bertz CT molecular complexity index is 1050. The molecule has 9 heteroatoms. The van der Waals surface area contributed by atoms with Gasteiger partial charge in [-0.2, -0.15) is 0 Å². The maximum atomic E-state index is 12.5. The lowest BCUT2D eigenvalue weighted by molar-refractivity contribution is -0.148. The summed E-state index contributed by atoms with van der Waals surface area (Å²) in [4.78, 5) is 48.4. The van der Waals surface area contributed by atoms with Gasteiger partial charge in [-0.15, -0.1) is 0 Å². The quantitative estimate of drug-likeness (QED) is 0.582. The minimum absolute atomic E-state index is 0.129. The van der Waals surface area contributed by atoms with Gasteiger partial charge < -0.3 is 14.3 Å². The van der Waals surface area contributed by atoms with Gasteiger partial charge >= 0.3 is 11.9 Å². The minimum atomic E-state index is -1.03. The van der Waals surface area contributed by atoms with Crippen molar-refractivity contribution in [2.75, 3.05) is 7.11 Å². The van der Waals surface area contributed by atoms with Crippen LogP contribution in [-0.2, 0) is 14.3 Å². The molecule has 1 aromatic heterocycles. The number of methoxy groups -OCH3 is 1. The van der Waals surface area contributed by atoms with Crippen LogP contribution in [0.2, 0.25) is 0 Å². The minimum Gasteiger partial charge on any atom is -0.478 e. The monoisotopic (exact) mass is 415 g/mol. The van der Waals surface area contributed by atoms with Gasteiger partial charge in [-0.25, -0.2) is 9.59 Å². The Hall–Kier alpha value is -3.33. The van der Waals surface area contributed by atoms with Gasteiger partial charge in [0.25, 0.3) is 11.1 Å². The predicted octanol–water partition coefficient (Wildman–Crippen LogP) is 3.55. The van der Waals surface area contributed by atoms with Crippen LogP contribution >= 0.6 is 11.8 Å². The van der Waals surface area contributed by atoms with Gasteiger partial charge in [0, 0.05) is 11.6 Å². The summed E-state index contributed by atoms with van der Waals surface area (Å²) in [7, 11) is 1.18. The molecule has 8 nitrogen and oxygen atoms in total. The van der Waals surface area contributed by atoms with E-state index >= 15 is 0 Å². The van der Waals surface area contributed by atoms with Gasteiger partial charge in [-0.1, -0.05) is 6.07 Å². The third kappa shape index (κ3) is 3.95. The molecule has 2 amide bonds. The van der Waals surface area contributed by atoms with Gasteiger partial charge in [-0.3, -0.25) is 14.5 Å². The van der Waals surface area contributed by atoms with Crippen molar-refractivity contribution in [1.82, 2.24) is 4.90 Å². The molecule has 1 aliphatic heterocycles. The number of nitrogens with zero attached hydrogens (tertiary/aromatic N) is 1. The standard InChI is InChI=1S/C20H17NO7S/c1-10-8-12(18(23)24)4-6-14(10)15-7-5-13(28-15)9-16-17(22)21(20(26)29-16)11(2)19(25)27-3/h4-9,11H,1-3H3,(H,23,24)/b16-9-/t11-/m0/s1. The number of hydrogen-bond donors (Lipinski definition) is 1. The number of thioether (sulfide) groups is 1. The Labute approximate surface area is 170 Å². The first-order valence-corrected chi connectivity index (χ1v) is 9.33. The number of aromatic carboxylic acids is 1. The smallest absolute Gasteiger partial charge is 0.335 e. The van der Waals surface area contributed by atoms with Crippen LogP contribution in [-0.4, -0.2) is 46.2 Å². The first-order chi connectivity index (χ1) is 13.7. The number of esters is 1. The van der Waals surface area contributed by atoms with E-state index in [0.29, 0.717) is 28.8 Å². The maximum absolute atomic E-state index is 12.5. The van der Waals surface area contributed by atoms with Crippen molar-refractivity contribution in [2.45, 2.75) is 19.9 Å². The zero-order valence-corrected chi connectivity index (χ0v) is 16.6. The Kier molecular flexibility index (Phi) is 5.60. The van der Waals surface area contributed by atoms with Crippen molar-refractivity contribution in [2.24, 2.45) is 0 Å². The summed E-state index contributed by atoms with van der Waals surface area (Å²) in [5.74, 6) is -1.46. The van der Waals surface area contributed by atoms with E-state index in [2.05, 4.69) is 4.74 Å². The van der Waals surface area contributed by atoms with Gasteiger partial charge in [0.05, 0.1) is 17.6 Å². The third-order valence-electron chi connectivity index (χ3n) is 4.39. The number of carbonyl (C=O) groups is 4. The summed E-state index contributed by atoms with van der Waals surface area (Å²) in [6, 6.07) is 6.97. The normalized spacial score (nSPS) is 16.4. The Morgan fingerprint density at radius 3 is 2.59 bits per heavy atom. The molecule has 2 aromatic rings. The molecule has 150 valence electrons. The van der Waals surface area contributed by atoms with Crippen molar-refractivity contribution in [3.63, 3.8) is 0 Å². The molecule has 0 saturated carbocycles. The van der Waals surface area contributed by atoms with E-state index in [0.717, 1.165) is 10.5 Å². The molecule has 1 aromatic carbocycles. The second-order valence-corrected chi connectivity index (χ2v) is 7.28. The molecule has 3 rings (SSSR count). The van der Waals surface area contributed by atoms with Crippen molar-refractivity contribution in [1.29, 1.82) is 0 Å². The molecule has 1 aliphatic rings.